The summed E-state index contributed by atoms with van der Waals surface area (Å²) in [5.74, 6) is 0. The monoisotopic (exact) mass is 242 g/mol. The SMILES string of the molecule is [O-][n+]1cccc2c(C3(C(F)(F)F)CC3)c[nH]c21. The number of alkyl halides is 3. The van der Waals surface area contributed by atoms with E-state index in [9.17, 15) is 18.4 Å². The molecule has 0 bridgehead atoms. The Morgan fingerprint density at radius 2 is 2.06 bits per heavy atom. The Morgan fingerprint density at radius 1 is 1.35 bits per heavy atom. The van der Waals surface area contributed by atoms with E-state index >= 15 is 0 Å². The van der Waals surface area contributed by atoms with E-state index in [-0.39, 0.29) is 24.1 Å². The van der Waals surface area contributed by atoms with Crippen molar-refractivity contribution in [2.45, 2.75) is 24.4 Å². The second kappa shape index (κ2) is 2.94. The Balaban J connectivity index is 2.23. The van der Waals surface area contributed by atoms with Crippen LogP contribution in [0.25, 0.3) is 11.0 Å². The predicted octanol–water partition coefficient (Wildman–Crippen LogP) is 2.40. The molecule has 1 aliphatic carbocycles. The van der Waals surface area contributed by atoms with Crippen LogP contribution in [-0.2, 0) is 5.41 Å². The standard InChI is InChI=1S/C11H9F3N2O/c12-11(13,14)10(3-4-10)8-6-15-9-7(8)2-1-5-16(9)17/h1-2,5-6,15H,3-4H2. The van der Waals surface area contributed by atoms with Gasteiger partial charge < -0.3 is 5.21 Å². The van der Waals surface area contributed by atoms with Gasteiger partial charge >= 0.3 is 6.18 Å². The molecule has 6 heteroatoms. The smallest absolute Gasteiger partial charge is 0.398 e. The van der Waals surface area contributed by atoms with Gasteiger partial charge in [-0.05, 0) is 25.0 Å². The average molecular weight is 242 g/mol. The van der Waals surface area contributed by atoms with E-state index in [1.807, 2.05) is 0 Å². The lowest BCUT2D eigenvalue weighted by Crippen LogP contribution is -2.29. The molecule has 3 rings (SSSR count). The van der Waals surface area contributed by atoms with E-state index in [2.05, 4.69) is 4.98 Å². The van der Waals surface area contributed by atoms with E-state index in [0.29, 0.717) is 10.1 Å². The van der Waals surface area contributed by atoms with Crippen LogP contribution in [-0.4, -0.2) is 11.2 Å². The zero-order chi connectivity index (χ0) is 12.3. The molecule has 0 aliphatic heterocycles. The highest BCUT2D eigenvalue weighted by Gasteiger charge is 2.65. The zero-order valence-electron chi connectivity index (χ0n) is 8.71. The van der Waals surface area contributed by atoms with Crippen LogP contribution in [0.1, 0.15) is 18.4 Å². The number of hydrogen-bond acceptors (Lipinski definition) is 1. The molecule has 1 fully saturated rings. The number of H-pyrrole nitrogens is 1. The van der Waals surface area contributed by atoms with Crippen LogP contribution >= 0.6 is 0 Å². The summed E-state index contributed by atoms with van der Waals surface area (Å²) in [6.45, 7) is 0. The molecule has 0 aromatic carbocycles. The van der Waals surface area contributed by atoms with Crippen molar-refractivity contribution in [3.05, 3.63) is 35.3 Å². The summed E-state index contributed by atoms with van der Waals surface area (Å²) in [7, 11) is 0. The van der Waals surface area contributed by atoms with Gasteiger partial charge in [0.1, 0.15) is 0 Å². The highest BCUT2D eigenvalue weighted by Crippen LogP contribution is 2.60. The quantitative estimate of drug-likeness (QED) is 0.605. The number of aromatic amines is 1. The first-order chi connectivity index (χ1) is 7.96. The summed E-state index contributed by atoms with van der Waals surface area (Å²) in [5, 5.41) is 11.8. The van der Waals surface area contributed by atoms with Gasteiger partial charge in [-0.3, -0.25) is 0 Å². The maximum absolute atomic E-state index is 13.0. The molecule has 2 heterocycles. The van der Waals surface area contributed by atoms with E-state index in [1.165, 1.54) is 18.5 Å². The maximum Gasteiger partial charge on any atom is 0.398 e. The first-order valence-corrected chi connectivity index (χ1v) is 5.22. The normalized spacial score (nSPS) is 18.5. The molecule has 0 radical (unpaired) electrons. The molecule has 1 aliphatic rings. The largest absolute Gasteiger partial charge is 0.711 e. The van der Waals surface area contributed by atoms with Crippen LogP contribution in [0.4, 0.5) is 13.2 Å². The lowest BCUT2D eigenvalue weighted by atomic mass is 9.95. The maximum atomic E-state index is 13.0. The number of hydrogen-bond donors (Lipinski definition) is 1. The third kappa shape index (κ3) is 1.26. The molecule has 17 heavy (non-hydrogen) atoms. The molecule has 0 saturated heterocycles. The summed E-state index contributed by atoms with van der Waals surface area (Å²) in [5.41, 5.74) is -1.39. The van der Waals surface area contributed by atoms with E-state index < -0.39 is 11.6 Å². The van der Waals surface area contributed by atoms with E-state index in [0.717, 1.165) is 0 Å². The van der Waals surface area contributed by atoms with Gasteiger partial charge in [-0.1, -0.05) is 0 Å². The number of halogens is 3. The van der Waals surface area contributed by atoms with Gasteiger partial charge in [0.2, 0.25) is 0 Å². The minimum absolute atomic E-state index is 0.0944. The summed E-state index contributed by atoms with van der Waals surface area (Å²) in [4.78, 5) is 2.63. The second-order valence-corrected chi connectivity index (χ2v) is 4.38. The molecule has 0 atom stereocenters. The fraction of sp³-hybridized carbons (Fsp3) is 0.364. The average Bonchev–Trinajstić information content (AvgIpc) is 2.94. The molecule has 3 nitrogen and oxygen atoms in total. The Kier molecular flexibility index (Phi) is 1.80. The first kappa shape index (κ1) is 10.4. The molecule has 0 amide bonds. The van der Waals surface area contributed by atoms with Crippen molar-refractivity contribution in [1.29, 1.82) is 0 Å². The van der Waals surface area contributed by atoms with Crippen molar-refractivity contribution in [3.8, 4) is 0 Å². The molecule has 0 unspecified atom stereocenters. The highest BCUT2D eigenvalue weighted by atomic mass is 19.4. The van der Waals surface area contributed by atoms with Crippen molar-refractivity contribution in [2.24, 2.45) is 0 Å². The molecule has 1 N–H and O–H groups in total. The van der Waals surface area contributed by atoms with Gasteiger partial charge in [0.25, 0.3) is 5.65 Å². The van der Waals surface area contributed by atoms with Gasteiger partial charge in [-0.25, -0.2) is 9.71 Å². The second-order valence-electron chi connectivity index (χ2n) is 4.38. The number of nitrogens with one attached hydrogen (secondary N) is 1. The summed E-state index contributed by atoms with van der Waals surface area (Å²) in [6.07, 6.45) is -1.50. The molecule has 90 valence electrons. The third-order valence-corrected chi connectivity index (χ3v) is 3.41. The molecule has 2 aromatic rings. The fourth-order valence-corrected chi connectivity index (χ4v) is 2.29. The third-order valence-electron chi connectivity index (χ3n) is 3.41. The minimum atomic E-state index is -4.26. The highest BCUT2D eigenvalue weighted by molar-refractivity contribution is 5.79. The van der Waals surface area contributed by atoms with Crippen LogP contribution in [0.15, 0.2) is 24.5 Å². The molecule has 1 saturated carbocycles. The number of rotatable bonds is 1. The van der Waals surface area contributed by atoms with Crippen molar-refractivity contribution >= 4 is 11.0 Å². The zero-order valence-corrected chi connectivity index (χ0v) is 8.71. The molecule has 0 spiro atoms. The molecular weight excluding hydrogens is 233 g/mol. The number of fused-ring (bicyclic) bond motifs is 1. The van der Waals surface area contributed by atoms with Crippen molar-refractivity contribution in [3.63, 3.8) is 0 Å². The molecular formula is C11H9F3N2O. The number of pyridine rings is 1. The topological polar surface area (TPSA) is 42.7 Å². The summed E-state index contributed by atoms with van der Waals surface area (Å²) < 4.78 is 39.5. The van der Waals surface area contributed by atoms with E-state index in [4.69, 9.17) is 0 Å². The van der Waals surface area contributed by atoms with Crippen molar-refractivity contribution in [1.82, 2.24) is 4.98 Å². The Labute approximate surface area is 94.5 Å². The Hall–Kier alpha value is -1.72. The van der Waals surface area contributed by atoms with Crippen LogP contribution in [0.3, 0.4) is 0 Å². The molecule has 2 aromatic heterocycles. The van der Waals surface area contributed by atoms with Gasteiger partial charge in [0, 0.05) is 5.56 Å². The Morgan fingerprint density at radius 3 is 2.65 bits per heavy atom. The fourth-order valence-electron chi connectivity index (χ4n) is 2.29. The van der Waals surface area contributed by atoms with E-state index in [1.54, 1.807) is 6.07 Å². The minimum Gasteiger partial charge on any atom is -0.711 e. The van der Waals surface area contributed by atoms with Gasteiger partial charge in [-0.15, -0.1) is 0 Å². The summed E-state index contributed by atoms with van der Waals surface area (Å²) in [6, 6.07) is 3.00. The van der Waals surface area contributed by atoms with Gasteiger partial charge in [0.15, 0.2) is 0 Å². The van der Waals surface area contributed by atoms with Crippen molar-refractivity contribution < 1.29 is 17.9 Å². The van der Waals surface area contributed by atoms with Crippen LogP contribution in [0.2, 0.25) is 0 Å². The Bertz CT molecular complexity index is 584. The summed E-state index contributed by atoms with van der Waals surface area (Å²) >= 11 is 0. The van der Waals surface area contributed by atoms with Gasteiger partial charge in [0.05, 0.1) is 23.2 Å². The van der Waals surface area contributed by atoms with Crippen molar-refractivity contribution in [2.75, 3.05) is 0 Å². The number of aromatic nitrogens is 2. The van der Waals surface area contributed by atoms with Crippen LogP contribution < -0.4 is 4.73 Å². The lowest BCUT2D eigenvalue weighted by molar-refractivity contribution is -0.579. The van der Waals surface area contributed by atoms with Gasteiger partial charge in [-0.2, -0.15) is 13.2 Å². The number of nitrogens with zero attached hydrogens (tertiary/aromatic N) is 1. The van der Waals surface area contributed by atoms with Crippen LogP contribution in [0, 0.1) is 5.21 Å². The first-order valence-electron chi connectivity index (χ1n) is 5.22. The lowest BCUT2D eigenvalue weighted by Gasteiger charge is -2.17. The predicted molar refractivity (Wildman–Crippen MR) is 54.2 cm³/mol. The van der Waals surface area contributed by atoms with Crippen LogP contribution in [0.5, 0.6) is 0 Å².